The van der Waals surface area contributed by atoms with E-state index in [0.29, 0.717) is 59.0 Å². The number of halogens is 2. The first-order valence-corrected chi connectivity index (χ1v) is 11.8. The van der Waals surface area contributed by atoms with Crippen molar-refractivity contribution in [3.8, 4) is 0 Å². The van der Waals surface area contributed by atoms with Crippen LogP contribution in [0.5, 0.6) is 0 Å². The zero-order chi connectivity index (χ0) is 23.9. The van der Waals surface area contributed by atoms with E-state index in [1.807, 2.05) is 6.92 Å². The molecule has 1 fully saturated rings. The second-order valence-electron chi connectivity index (χ2n) is 8.81. The number of carbonyl (C=O) groups excluding carboxylic acids is 2. The predicted molar refractivity (Wildman–Crippen MR) is 127 cm³/mol. The minimum Gasteiger partial charge on any atom is -0.369 e. The SMILES string of the molecule is CNC(=O)[C@H]1CC[C@@H](n2c(N)nc3c(c2=O)C[C@@H](C)N(C(=O)c2ccc(Cl)c(Cl)c2)C3)CC1. The lowest BCUT2D eigenvalue weighted by Crippen LogP contribution is -2.46. The van der Waals surface area contributed by atoms with Gasteiger partial charge < -0.3 is 16.0 Å². The number of rotatable bonds is 3. The number of amides is 2. The highest BCUT2D eigenvalue weighted by Gasteiger charge is 2.34. The Bertz CT molecular complexity index is 1160. The number of hydrogen-bond acceptors (Lipinski definition) is 5. The predicted octanol–water partition coefficient (Wildman–Crippen LogP) is 3.20. The van der Waals surface area contributed by atoms with Crippen molar-refractivity contribution >= 4 is 41.0 Å². The van der Waals surface area contributed by atoms with Crippen LogP contribution in [0, 0.1) is 5.92 Å². The maximum atomic E-state index is 13.4. The van der Waals surface area contributed by atoms with Gasteiger partial charge in [-0.05, 0) is 57.2 Å². The van der Waals surface area contributed by atoms with Crippen molar-refractivity contribution in [1.82, 2.24) is 19.8 Å². The highest BCUT2D eigenvalue weighted by atomic mass is 35.5. The van der Waals surface area contributed by atoms with E-state index in [1.54, 1.807) is 34.7 Å². The first kappa shape index (κ1) is 23.6. The minimum atomic E-state index is -0.205. The molecule has 0 unspecified atom stereocenters. The third-order valence-electron chi connectivity index (χ3n) is 6.78. The van der Waals surface area contributed by atoms with E-state index in [0.717, 1.165) is 0 Å². The van der Waals surface area contributed by atoms with Crippen LogP contribution >= 0.6 is 23.2 Å². The number of hydrogen-bond donors (Lipinski definition) is 2. The largest absolute Gasteiger partial charge is 0.369 e. The van der Waals surface area contributed by atoms with E-state index >= 15 is 0 Å². The van der Waals surface area contributed by atoms with Crippen molar-refractivity contribution in [3.63, 3.8) is 0 Å². The number of nitrogens with two attached hydrogens (primary N) is 1. The van der Waals surface area contributed by atoms with Crippen LogP contribution < -0.4 is 16.6 Å². The number of anilines is 1. The van der Waals surface area contributed by atoms with Crippen LogP contribution in [0.1, 0.15) is 60.3 Å². The zero-order valence-electron chi connectivity index (χ0n) is 18.6. The van der Waals surface area contributed by atoms with Crippen molar-refractivity contribution in [2.24, 2.45) is 5.92 Å². The lowest BCUT2D eigenvalue weighted by atomic mass is 9.85. The van der Waals surface area contributed by atoms with Gasteiger partial charge in [-0.1, -0.05) is 23.2 Å². The molecule has 2 heterocycles. The summed E-state index contributed by atoms with van der Waals surface area (Å²) in [7, 11) is 1.64. The smallest absolute Gasteiger partial charge is 0.258 e. The van der Waals surface area contributed by atoms with Crippen LogP contribution in [0.3, 0.4) is 0 Å². The van der Waals surface area contributed by atoms with Crippen LogP contribution in [0.15, 0.2) is 23.0 Å². The Balaban J connectivity index is 1.58. The number of carbonyl (C=O) groups is 2. The molecule has 1 aliphatic heterocycles. The fourth-order valence-corrected chi connectivity index (χ4v) is 5.21. The summed E-state index contributed by atoms with van der Waals surface area (Å²) in [5.41, 5.74) is 7.65. The Hall–Kier alpha value is -2.58. The number of benzene rings is 1. The van der Waals surface area contributed by atoms with Gasteiger partial charge in [0.25, 0.3) is 11.5 Å². The second-order valence-corrected chi connectivity index (χ2v) is 9.62. The summed E-state index contributed by atoms with van der Waals surface area (Å²) in [6, 6.07) is 4.49. The van der Waals surface area contributed by atoms with E-state index in [9.17, 15) is 14.4 Å². The molecule has 176 valence electrons. The maximum absolute atomic E-state index is 13.4. The molecule has 2 aliphatic rings. The van der Waals surface area contributed by atoms with Gasteiger partial charge in [-0.3, -0.25) is 19.0 Å². The fourth-order valence-electron chi connectivity index (χ4n) is 4.91. The van der Waals surface area contributed by atoms with Gasteiger partial charge in [-0.25, -0.2) is 4.98 Å². The Kier molecular flexibility index (Phi) is 6.68. The summed E-state index contributed by atoms with van der Waals surface area (Å²) in [4.78, 5) is 44.7. The Morgan fingerprint density at radius 2 is 1.85 bits per heavy atom. The molecule has 0 saturated heterocycles. The average molecular weight is 492 g/mol. The van der Waals surface area contributed by atoms with Crippen molar-refractivity contribution in [3.05, 3.63) is 55.4 Å². The molecule has 1 aromatic carbocycles. The molecule has 1 aromatic heterocycles. The fraction of sp³-hybridized carbons (Fsp3) is 0.478. The molecular formula is C23H27Cl2N5O3. The molecule has 0 spiro atoms. The van der Waals surface area contributed by atoms with Crippen molar-refractivity contribution in [1.29, 1.82) is 0 Å². The van der Waals surface area contributed by atoms with Gasteiger partial charge in [0.1, 0.15) is 0 Å². The third-order valence-corrected chi connectivity index (χ3v) is 7.52. The molecule has 1 aliphatic carbocycles. The molecule has 0 radical (unpaired) electrons. The highest BCUT2D eigenvalue weighted by molar-refractivity contribution is 6.42. The van der Waals surface area contributed by atoms with Crippen LogP contribution in [0.4, 0.5) is 5.95 Å². The van der Waals surface area contributed by atoms with Crippen molar-refractivity contribution in [2.45, 2.75) is 57.7 Å². The van der Waals surface area contributed by atoms with Gasteiger partial charge in [0, 0.05) is 36.2 Å². The monoisotopic (exact) mass is 491 g/mol. The Morgan fingerprint density at radius 1 is 1.15 bits per heavy atom. The molecule has 0 bridgehead atoms. The summed E-state index contributed by atoms with van der Waals surface area (Å²) in [6.45, 7) is 2.10. The van der Waals surface area contributed by atoms with E-state index in [4.69, 9.17) is 28.9 Å². The number of nitrogens with one attached hydrogen (secondary N) is 1. The van der Waals surface area contributed by atoms with Crippen LogP contribution in [-0.2, 0) is 17.8 Å². The number of nitrogens with zero attached hydrogens (tertiary/aromatic N) is 3. The Morgan fingerprint density at radius 3 is 2.48 bits per heavy atom. The minimum absolute atomic E-state index is 0.0327. The van der Waals surface area contributed by atoms with Crippen molar-refractivity contribution in [2.75, 3.05) is 12.8 Å². The van der Waals surface area contributed by atoms with Gasteiger partial charge in [0.15, 0.2) is 0 Å². The summed E-state index contributed by atoms with van der Waals surface area (Å²) >= 11 is 12.1. The molecule has 2 amide bonds. The number of fused-ring (bicyclic) bond motifs is 1. The summed E-state index contributed by atoms with van der Waals surface area (Å²) in [5.74, 6) is -0.0463. The molecule has 8 nitrogen and oxygen atoms in total. The van der Waals surface area contributed by atoms with E-state index < -0.39 is 0 Å². The zero-order valence-corrected chi connectivity index (χ0v) is 20.1. The Labute approximate surface area is 202 Å². The molecular weight excluding hydrogens is 465 g/mol. The topological polar surface area (TPSA) is 110 Å². The van der Waals surface area contributed by atoms with Gasteiger partial charge in [-0.15, -0.1) is 0 Å². The first-order valence-electron chi connectivity index (χ1n) is 11.1. The van der Waals surface area contributed by atoms with Gasteiger partial charge in [0.2, 0.25) is 11.9 Å². The number of nitrogen functional groups attached to an aromatic ring is 1. The average Bonchev–Trinajstić information content (AvgIpc) is 2.80. The summed E-state index contributed by atoms with van der Waals surface area (Å²) in [5, 5.41) is 3.39. The molecule has 2 aromatic rings. The molecule has 33 heavy (non-hydrogen) atoms. The maximum Gasteiger partial charge on any atom is 0.258 e. The summed E-state index contributed by atoms with van der Waals surface area (Å²) < 4.78 is 1.59. The first-order chi connectivity index (χ1) is 15.7. The van der Waals surface area contributed by atoms with Crippen LogP contribution in [0.25, 0.3) is 0 Å². The quantitative estimate of drug-likeness (QED) is 0.684. The normalized spacial score (nSPS) is 22.5. The van der Waals surface area contributed by atoms with Crippen LogP contribution in [0.2, 0.25) is 10.0 Å². The molecule has 3 N–H and O–H groups in total. The van der Waals surface area contributed by atoms with Gasteiger partial charge >= 0.3 is 0 Å². The lowest BCUT2D eigenvalue weighted by molar-refractivity contribution is -0.125. The highest BCUT2D eigenvalue weighted by Crippen LogP contribution is 2.33. The van der Waals surface area contributed by atoms with Gasteiger partial charge in [0.05, 0.1) is 22.3 Å². The third kappa shape index (κ3) is 4.46. The second kappa shape index (κ2) is 9.35. The molecule has 1 atom stereocenters. The molecule has 4 rings (SSSR count). The molecule has 10 heteroatoms. The summed E-state index contributed by atoms with van der Waals surface area (Å²) in [6.07, 6.45) is 3.19. The number of aromatic nitrogens is 2. The van der Waals surface area contributed by atoms with Crippen molar-refractivity contribution < 1.29 is 9.59 Å². The molecule has 1 saturated carbocycles. The van der Waals surface area contributed by atoms with E-state index in [2.05, 4.69) is 10.3 Å². The van der Waals surface area contributed by atoms with E-state index in [-0.39, 0.29) is 47.9 Å². The standard InChI is InChI=1S/C23H27Cl2N5O3/c1-12-9-16-19(11-29(12)21(32)14-5-8-17(24)18(25)10-14)28-23(26)30(22(16)33)15-6-3-13(4-7-15)20(31)27-2/h5,8,10,12-13,15H,3-4,6-7,9,11H2,1-2H3,(H2,26,28)(H,27,31)/t12-,13-,15+/m1/s1. The van der Waals surface area contributed by atoms with Crippen LogP contribution in [-0.4, -0.2) is 39.4 Å². The van der Waals surface area contributed by atoms with E-state index in [1.165, 1.54) is 0 Å². The lowest BCUT2D eigenvalue weighted by Gasteiger charge is -2.35. The van der Waals surface area contributed by atoms with Gasteiger partial charge in [-0.2, -0.15) is 0 Å².